The molecule has 1 N–H and O–H groups in total. The lowest BCUT2D eigenvalue weighted by Gasteiger charge is -2.14. The second-order valence-corrected chi connectivity index (χ2v) is 8.46. The number of aryl methyl sites for hydroxylation is 2. The van der Waals surface area contributed by atoms with Crippen LogP contribution in [0.3, 0.4) is 0 Å². The van der Waals surface area contributed by atoms with Crippen molar-refractivity contribution in [2.75, 3.05) is 11.1 Å². The van der Waals surface area contributed by atoms with E-state index < -0.39 is 0 Å². The first kappa shape index (κ1) is 21.2. The Balaban J connectivity index is 1.69. The van der Waals surface area contributed by atoms with Crippen molar-refractivity contribution in [1.29, 1.82) is 0 Å². The van der Waals surface area contributed by atoms with E-state index in [1.165, 1.54) is 11.8 Å². The number of nitrogens with one attached hydrogen (secondary N) is 1. The zero-order valence-corrected chi connectivity index (χ0v) is 18.7. The van der Waals surface area contributed by atoms with Crippen molar-refractivity contribution < 1.29 is 4.79 Å². The Kier molecular flexibility index (Phi) is 6.39. The quantitative estimate of drug-likeness (QED) is 0.371. The van der Waals surface area contributed by atoms with Gasteiger partial charge in [0.2, 0.25) is 5.91 Å². The van der Waals surface area contributed by atoms with Crippen LogP contribution in [0.25, 0.3) is 17.1 Å². The number of benzene rings is 3. The molecule has 0 aliphatic rings. The van der Waals surface area contributed by atoms with Crippen LogP contribution in [-0.2, 0) is 4.79 Å². The van der Waals surface area contributed by atoms with Gasteiger partial charge in [-0.05, 0) is 55.3 Å². The van der Waals surface area contributed by atoms with Crippen LogP contribution in [0, 0.1) is 13.8 Å². The molecular weight excluding hydrogens is 428 g/mol. The van der Waals surface area contributed by atoms with Gasteiger partial charge in [0, 0.05) is 11.3 Å². The molecule has 0 fully saturated rings. The minimum atomic E-state index is -0.106. The second-order valence-electron chi connectivity index (χ2n) is 7.11. The first-order valence-electron chi connectivity index (χ1n) is 9.78. The molecule has 1 aromatic heterocycles. The van der Waals surface area contributed by atoms with Gasteiger partial charge in [-0.3, -0.25) is 9.36 Å². The number of nitrogens with zero attached hydrogens (tertiary/aromatic N) is 3. The highest BCUT2D eigenvalue weighted by atomic mass is 35.5. The molecule has 0 bridgehead atoms. The van der Waals surface area contributed by atoms with Gasteiger partial charge in [0.05, 0.1) is 16.5 Å². The maximum absolute atomic E-state index is 12.5. The Morgan fingerprint density at radius 2 is 1.74 bits per heavy atom. The Bertz CT molecular complexity index is 1220. The summed E-state index contributed by atoms with van der Waals surface area (Å²) in [5.74, 6) is 0.747. The van der Waals surface area contributed by atoms with Gasteiger partial charge in [-0.1, -0.05) is 65.8 Å². The molecule has 4 rings (SSSR count). The molecule has 0 aliphatic heterocycles. The summed E-state index contributed by atoms with van der Waals surface area (Å²) >= 11 is 7.80. The number of halogens is 1. The number of rotatable bonds is 6. The smallest absolute Gasteiger partial charge is 0.234 e. The number of amides is 1. The summed E-state index contributed by atoms with van der Waals surface area (Å²) in [7, 11) is 0. The number of thioether (sulfide) groups is 1. The van der Waals surface area contributed by atoms with Crippen molar-refractivity contribution in [2.24, 2.45) is 0 Å². The molecule has 0 aliphatic carbocycles. The van der Waals surface area contributed by atoms with Crippen molar-refractivity contribution >= 4 is 35.0 Å². The third-order valence-electron chi connectivity index (χ3n) is 4.74. The molecule has 4 aromatic rings. The highest BCUT2D eigenvalue weighted by molar-refractivity contribution is 7.99. The molecule has 7 heteroatoms. The van der Waals surface area contributed by atoms with E-state index in [-0.39, 0.29) is 11.7 Å². The number of hydrogen-bond donors (Lipinski definition) is 1. The average Bonchev–Trinajstić information content (AvgIpc) is 3.18. The van der Waals surface area contributed by atoms with Gasteiger partial charge in [0.15, 0.2) is 11.0 Å². The molecule has 0 unspecified atom stereocenters. The maximum atomic E-state index is 12.5. The number of para-hydroxylation sites is 1. The van der Waals surface area contributed by atoms with Crippen LogP contribution in [0.15, 0.2) is 78.0 Å². The van der Waals surface area contributed by atoms with E-state index >= 15 is 0 Å². The minimum Gasteiger partial charge on any atom is -0.325 e. The van der Waals surface area contributed by atoms with Gasteiger partial charge in [0.25, 0.3) is 0 Å². The Hall–Kier alpha value is -3.09. The van der Waals surface area contributed by atoms with Crippen LogP contribution in [0.1, 0.15) is 11.1 Å². The Morgan fingerprint density at radius 1 is 1.00 bits per heavy atom. The maximum Gasteiger partial charge on any atom is 0.234 e. The molecule has 5 nitrogen and oxygen atoms in total. The van der Waals surface area contributed by atoms with E-state index in [0.29, 0.717) is 16.0 Å². The monoisotopic (exact) mass is 448 g/mol. The molecule has 3 aromatic carbocycles. The molecule has 0 atom stereocenters. The first-order chi connectivity index (χ1) is 15.0. The van der Waals surface area contributed by atoms with E-state index in [2.05, 4.69) is 33.7 Å². The SMILES string of the molecule is Cc1ccc(C)c(-n2c(SCC(=O)Nc3ccccc3)nnc2-c2ccccc2Cl)c1. The number of carbonyl (C=O) groups excluding carboxylic acids is 1. The van der Waals surface area contributed by atoms with Gasteiger partial charge >= 0.3 is 0 Å². The highest BCUT2D eigenvalue weighted by Gasteiger charge is 2.20. The third-order valence-corrected chi connectivity index (χ3v) is 6.00. The van der Waals surface area contributed by atoms with E-state index in [1.807, 2.05) is 73.0 Å². The van der Waals surface area contributed by atoms with E-state index in [9.17, 15) is 4.79 Å². The number of anilines is 1. The lowest BCUT2D eigenvalue weighted by Crippen LogP contribution is -2.14. The fourth-order valence-corrected chi connectivity index (χ4v) is 4.17. The van der Waals surface area contributed by atoms with Gasteiger partial charge in [-0.2, -0.15) is 0 Å². The van der Waals surface area contributed by atoms with Gasteiger partial charge in [-0.25, -0.2) is 0 Å². The molecule has 0 saturated heterocycles. The lowest BCUT2D eigenvalue weighted by atomic mass is 10.1. The normalized spacial score (nSPS) is 10.8. The Labute approximate surface area is 190 Å². The Morgan fingerprint density at radius 3 is 2.52 bits per heavy atom. The molecular formula is C24H21ClN4OS. The van der Waals surface area contributed by atoms with Crippen molar-refractivity contribution in [3.63, 3.8) is 0 Å². The fourth-order valence-electron chi connectivity index (χ4n) is 3.21. The van der Waals surface area contributed by atoms with Crippen LogP contribution in [0.4, 0.5) is 5.69 Å². The van der Waals surface area contributed by atoms with Gasteiger partial charge in [-0.15, -0.1) is 10.2 Å². The molecule has 31 heavy (non-hydrogen) atoms. The minimum absolute atomic E-state index is 0.106. The van der Waals surface area contributed by atoms with Crippen molar-refractivity contribution in [2.45, 2.75) is 19.0 Å². The van der Waals surface area contributed by atoms with E-state index in [4.69, 9.17) is 11.6 Å². The zero-order chi connectivity index (χ0) is 21.8. The van der Waals surface area contributed by atoms with Gasteiger partial charge in [0.1, 0.15) is 0 Å². The first-order valence-corrected chi connectivity index (χ1v) is 11.1. The average molecular weight is 449 g/mol. The number of aromatic nitrogens is 3. The van der Waals surface area contributed by atoms with Gasteiger partial charge < -0.3 is 5.32 Å². The zero-order valence-electron chi connectivity index (χ0n) is 17.2. The molecule has 0 saturated carbocycles. The predicted molar refractivity (Wildman–Crippen MR) is 127 cm³/mol. The third kappa shape index (κ3) is 4.81. The van der Waals surface area contributed by atoms with E-state index in [0.717, 1.165) is 28.1 Å². The summed E-state index contributed by atoms with van der Waals surface area (Å²) < 4.78 is 1.98. The molecule has 0 radical (unpaired) electrons. The summed E-state index contributed by atoms with van der Waals surface area (Å²) in [4.78, 5) is 12.5. The fraction of sp³-hybridized carbons (Fsp3) is 0.125. The largest absolute Gasteiger partial charge is 0.325 e. The molecule has 1 amide bonds. The number of hydrogen-bond acceptors (Lipinski definition) is 4. The van der Waals surface area contributed by atoms with Crippen molar-refractivity contribution in [3.8, 4) is 17.1 Å². The topological polar surface area (TPSA) is 59.8 Å². The summed E-state index contributed by atoms with van der Waals surface area (Å²) in [5.41, 5.74) is 4.72. The lowest BCUT2D eigenvalue weighted by molar-refractivity contribution is -0.113. The second kappa shape index (κ2) is 9.37. The standard InChI is InChI=1S/C24H21ClN4OS/c1-16-12-13-17(2)21(14-16)29-23(19-10-6-7-11-20(19)25)27-28-24(29)31-15-22(30)26-18-8-4-3-5-9-18/h3-14H,15H2,1-2H3,(H,26,30). The molecule has 0 spiro atoms. The van der Waals surface area contributed by atoms with Crippen LogP contribution in [0.5, 0.6) is 0 Å². The summed E-state index contributed by atoms with van der Waals surface area (Å²) in [5, 5.41) is 13.0. The highest BCUT2D eigenvalue weighted by Crippen LogP contribution is 2.33. The predicted octanol–water partition coefficient (Wildman–Crippen LogP) is 5.94. The summed E-state index contributed by atoms with van der Waals surface area (Å²) in [6.07, 6.45) is 0. The molecule has 156 valence electrons. The summed E-state index contributed by atoms with van der Waals surface area (Å²) in [6, 6.07) is 23.2. The van der Waals surface area contributed by atoms with Crippen LogP contribution >= 0.6 is 23.4 Å². The van der Waals surface area contributed by atoms with Crippen LogP contribution in [0.2, 0.25) is 5.02 Å². The van der Waals surface area contributed by atoms with Crippen molar-refractivity contribution in [3.05, 3.63) is 88.9 Å². The van der Waals surface area contributed by atoms with E-state index in [1.54, 1.807) is 0 Å². The molecule has 1 heterocycles. The van der Waals surface area contributed by atoms with Crippen LogP contribution in [-0.4, -0.2) is 26.4 Å². The number of carbonyl (C=O) groups is 1. The van der Waals surface area contributed by atoms with Crippen molar-refractivity contribution in [1.82, 2.24) is 14.8 Å². The summed E-state index contributed by atoms with van der Waals surface area (Å²) in [6.45, 7) is 4.09. The van der Waals surface area contributed by atoms with Crippen LogP contribution < -0.4 is 5.32 Å².